The van der Waals surface area contributed by atoms with Gasteiger partial charge in [0.1, 0.15) is 5.75 Å². The highest BCUT2D eigenvalue weighted by Gasteiger charge is 2.03. The Morgan fingerprint density at radius 2 is 1.31 bits per heavy atom. The summed E-state index contributed by atoms with van der Waals surface area (Å²) >= 11 is 0. The first-order chi connectivity index (χ1) is 12.8. The van der Waals surface area contributed by atoms with Crippen molar-refractivity contribution in [2.45, 2.75) is 96.8 Å². The van der Waals surface area contributed by atoms with E-state index < -0.39 is 0 Å². The van der Waals surface area contributed by atoms with E-state index in [4.69, 9.17) is 4.74 Å². The molecule has 1 aromatic rings. The van der Waals surface area contributed by atoms with Gasteiger partial charge in [-0.25, -0.2) is 0 Å². The van der Waals surface area contributed by atoms with Crippen molar-refractivity contribution < 1.29 is 9.53 Å². The number of hydrogen-bond acceptors (Lipinski definition) is 2. The fourth-order valence-corrected chi connectivity index (χ4v) is 3.01. The molecule has 0 N–H and O–H groups in total. The van der Waals surface area contributed by atoms with Gasteiger partial charge >= 0.3 is 5.97 Å². The van der Waals surface area contributed by atoms with E-state index in [2.05, 4.69) is 19.1 Å². The van der Waals surface area contributed by atoms with Gasteiger partial charge in [-0.05, 0) is 44.2 Å². The van der Waals surface area contributed by atoms with E-state index in [0.717, 1.165) is 12.8 Å². The number of rotatable bonds is 16. The second-order valence-electron chi connectivity index (χ2n) is 7.12. The summed E-state index contributed by atoms with van der Waals surface area (Å²) in [7, 11) is 0. The van der Waals surface area contributed by atoms with Crippen molar-refractivity contribution in [2.75, 3.05) is 0 Å². The van der Waals surface area contributed by atoms with Gasteiger partial charge in [0, 0.05) is 6.42 Å². The molecule has 0 heterocycles. The van der Waals surface area contributed by atoms with Crippen LogP contribution < -0.4 is 4.74 Å². The molecule has 0 aromatic heterocycles. The van der Waals surface area contributed by atoms with Crippen LogP contribution in [-0.2, 0) is 4.79 Å². The van der Waals surface area contributed by atoms with Crippen molar-refractivity contribution in [1.29, 1.82) is 0 Å². The maximum Gasteiger partial charge on any atom is 0.311 e. The normalized spacial score (nSPS) is 11.1. The van der Waals surface area contributed by atoms with Crippen LogP contribution in [0.25, 0.3) is 0 Å². The van der Waals surface area contributed by atoms with Crippen LogP contribution in [0.1, 0.15) is 96.8 Å². The molecule has 0 saturated heterocycles. The first-order valence-corrected chi connectivity index (χ1v) is 10.7. The fraction of sp³-hybridized carbons (Fsp3) is 0.625. The molecule has 1 rings (SSSR count). The van der Waals surface area contributed by atoms with E-state index >= 15 is 0 Å². The van der Waals surface area contributed by atoms with Gasteiger partial charge < -0.3 is 4.74 Å². The summed E-state index contributed by atoms with van der Waals surface area (Å²) in [6.45, 7) is 2.26. The number of para-hydroxylation sites is 1. The summed E-state index contributed by atoms with van der Waals surface area (Å²) in [6.07, 6.45) is 21.7. The summed E-state index contributed by atoms with van der Waals surface area (Å²) in [5.41, 5.74) is 0. The molecule has 146 valence electrons. The smallest absolute Gasteiger partial charge is 0.311 e. The lowest BCUT2D eigenvalue weighted by molar-refractivity contribution is -0.134. The van der Waals surface area contributed by atoms with E-state index in [9.17, 15) is 4.79 Å². The third-order valence-corrected chi connectivity index (χ3v) is 4.62. The number of ether oxygens (including phenoxy) is 1. The Balaban J connectivity index is 1.82. The van der Waals surface area contributed by atoms with Crippen LogP contribution in [0.3, 0.4) is 0 Å². The Hall–Kier alpha value is -1.57. The number of allylic oxidation sites excluding steroid dienone is 2. The molecule has 0 spiro atoms. The summed E-state index contributed by atoms with van der Waals surface area (Å²) in [4.78, 5) is 11.7. The molecule has 0 saturated carbocycles. The lowest BCUT2D eigenvalue weighted by Crippen LogP contribution is -2.07. The van der Waals surface area contributed by atoms with Crippen LogP contribution in [0.4, 0.5) is 0 Å². The third-order valence-electron chi connectivity index (χ3n) is 4.62. The van der Waals surface area contributed by atoms with Gasteiger partial charge in [-0.3, -0.25) is 4.79 Å². The molecule has 0 fully saturated rings. The van der Waals surface area contributed by atoms with Gasteiger partial charge in [0.2, 0.25) is 0 Å². The summed E-state index contributed by atoms with van der Waals surface area (Å²) in [6, 6.07) is 9.32. The molecule has 0 radical (unpaired) electrons. The van der Waals surface area contributed by atoms with E-state index in [1.807, 2.05) is 30.3 Å². The number of unbranched alkanes of at least 4 members (excludes halogenated alkanes) is 11. The van der Waals surface area contributed by atoms with Gasteiger partial charge in [0.15, 0.2) is 0 Å². The Labute approximate surface area is 161 Å². The maximum atomic E-state index is 11.7. The van der Waals surface area contributed by atoms with Gasteiger partial charge in [0.25, 0.3) is 0 Å². The zero-order valence-corrected chi connectivity index (χ0v) is 16.8. The molecule has 0 aliphatic carbocycles. The number of carbonyl (C=O) groups is 1. The van der Waals surface area contributed by atoms with Gasteiger partial charge in [-0.2, -0.15) is 0 Å². The van der Waals surface area contributed by atoms with E-state index in [1.54, 1.807) is 0 Å². The zero-order chi connectivity index (χ0) is 18.7. The molecule has 0 bridgehead atoms. The SMILES string of the molecule is CCCCCC/C=C/CCCCCCCCCC(=O)Oc1ccccc1. The largest absolute Gasteiger partial charge is 0.427 e. The number of benzene rings is 1. The Morgan fingerprint density at radius 1 is 0.769 bits per heavy atom. The second-order valence-corrected chi connectivity index (χ2v) is 7.12. The topological polar surface area (TPSA) is 26.3 Å². The van der Waals surface area contributed by atoms with Crippen molar-refractivity contribution in [1.82, 2.24) is 0 Å². The Kier molecular flexibility index (Phi) is 14.6. The van der Waals surface area contributed by atoms with Gasteiger partial charge in [0.05, 0.1) is 0 Å². The van der Waals surface area contributed by atoms with E-state index in [0.29, 0.717) is 12.2 Å². The van der Waals surface area contributed by atoms with Gasteiger partial charge in [-0.15, -0.1) is 0 Å². The third kappa shape index (κ3) is 13.7. The van der Waals surface area contributed by atoms with Crippen molar-refractivity contribution in [3.05, 3.63) is 42.5 Å². The minimum atomic E-state index is -0.113. The van der Waals surface area contributed by atoms with Crippen molar-refractivity contribution in [2.24, 2.45) is 0 Å². The molecule has 0 aliphatic heterocycles. The monoisotopic (exact) mass is 358 g/mol. The maximum absolute atomic E-state index is 11.7. The second kappa shape index (κ2) is 16.9. The lowest BCUT2D eigenvalue weighted by atomic mass is 10.1. The van der Waals surface area contributed by atoms with Crippen LogP contribution >= 0.6 is 0 Å². The number of hydrogen-bond donors (Lipinski definition) is 0. The molecule has 1 aromatic carbocycles. The first kappa shape index (κ1) is 22.5. The summed E-state index contributed by atoms with van der Waals surface area (Å²) < 4.78 is 5.29. The molecule has 26 heavy (non-hydrogen) atoms. The highest BCUT2D eigenvalue weighted by Crippen LogP contribution is 2.13. The van der Waals surface area contributed by atoms with Gasteiger partial charge in [-0.1, -0.05) is 88.6 Å². The fourth-order valence-electron chi connectivity index (χ4n) is 3.01. The number of carbonyl (C=O) groups excluding carboxylic acids is 1. The van der Waals surface area contributed by atoms with E-state index in [1.165, 1.54) is 70.6 Å². The molecule has 0 atom stereocenters. The molecule has 0 unspecified atom stereocenters. The molecule has 2 heteroatoms. The summed E-state index contributed by atoms with van der Waals surface area (Å²) in [5.74, 6) is 0.533. The Morgan fingerprint density at radius 3 is 1.92 bits per heavy atom. The van der Waals surface area contributed by atoms with Crippen molar-refractivity contribution in [3.8, 4) is 5.75 Å². The van der Waals surface area contributed by atoms with E-state index in [-0.39, 0.29) is 5.97 Å². The average molecular weight is 359 g/mol. The molecular formula is C24H38O2. The standard InChI is InChI=1S/C24H38O2/c1-2-3-4-5-6-7-8-9-10-11-12-13-14-15-19-22-24(25)26-23-20-17-16-18-21-23/h7-8,16-18,20-21H,2-6,9-15,19,22H2,1H3/b8-7+. The van der Waals surface area contributed by atoms with Crippen LogP contribution in [0.2, 0.25) is 0 Å². The molecule has 2 nitrogen and oxygen atoms in total. The van der Waals surface area contributed by atoms with Crippen LogP contribution in [0.5, 0.6) is 5.75 Å². The Bertz CT molecular complexity index is 464. The zero-order valence-electron chi connectivity index (χ0n) is 16.8. The van der Waals surface area contributed by atoms with Crippen LogP contribution in [0.15, 0.2) is 42.5 Å². The highest BCUT2D eigenvalue weighted by molar-refractivity contribution is 5.72. The molecule has 0 aliphatic rings. The lowest BCUT2D eigenvalue weighted by Gasteiger charge is -2.04. The summed E-state index contributed by atoms with van der Waals surface area (Å²) in [5, 5.41) is 0. The molecular weight excluding hydrogens is 320 g/mol. The van der Waals surface area contributed by atoms with Crippen LogP contribution in [-0.4, -0.2) is 5.97 Å². The molecule has 0 amide bonds. The van der Waals surface area contributed by atoms with Crippen LogP contribution in [0, 0.1) is 0 Å². The minimum absolute atomic E-state index is 0.113. The number of esters is 1. The predicted molar refractivity (Wildman–Crippen MR) is 112 cm³/mol. The minimum Gasteiger partial charge on any atom is -0.427 e. The first-order valence-electron chi connectivity index (χ1n) is 10.7. The van der Waals surface area contributed by atoms with Crippen molar-refractivity contribution >= 4 is 5.97 Å². The van der Waals surface area contributed by atoms with Crippen molar-refractivity contribution in [3.63, 3.8) is 0 Å². The predicted octanol–water partition coefficient (Wildman–Crippen LogP) is 7.63. The highest BCUT2D eigenvalue weighted by atomic mass is 16.5. The quantitative estimate of drug-likeness (QED) is 0.131. The average Bonchev–Trinajstić information content (AvgIpc) is 2.65.